The van der Waals surface area contributed by atoms with Crippen LogP contribution in [-0.4, -0.2) is 24.5 Å². The van der Waals surface area contributed by atoms with E-state index in [0.717, 1.165) is 18.4 Å². The molecule has 116 valence electrons. The van der Waals surface area contributed by atoms with Gasteiger partial charge in [-0.05, 0) is 49.9 Å². The van der Waals surface area contributed by atoms with Crippen LogP contribution in [0.25, 0.3) is 0 Å². The van der Waals surface area contributed by atoms with Crippen LogP contribution in [0.1, 0.15) is 48.9 Å². The maximum absolute atomic E-state index is 12.7. The van der Waals surface area contributed by atoms with Crippen LogP contribution in [0.3, 0.4) is 0 Å². The molecule has 2 aliphatic heterocycles. The Morgan fingerprint density at radius 3 is 2.55 bits per heavy atom. The normalized spacial score (nSPS) is 27.0. The summed E-state index contributed by atoms with van der Waals surface area (Å²) in [7, 11) is 0. The topological polar surface area (TPSA) is 62.1 Å². The number of hydrogen-bond acceptors (Lipinski definition) is 4. The zero-order chi connectivity index (χ0) is 15.4. The maximum Gasteiger partial charge on any atom is 0.166 e. The predicted octanol–water partition coefficient (Wildman–Crippen LogP) is 3.08. The highest BCUT2D eigenvalue weighted by Crippen LogP contribution is 2.32. The first kappa shape index (κ1) is 15.1. The molecule has 0 aromatic heterocycles. The molecule has 2 unspecified atom stereocenters. The average molecular weight is 298 g/mol. The van der Waals surface area contributed by atoms with Crippen LogP contribution in [0.4, 0.5) is 0 Å². The van der Waals surface area contributed by atoms with Crippen LogP contribution in [-0.2, 0) is 0 Å². The van der Waals surface area contributed by atoms with E-state index in [4.69, 9.17) is 10.00 Å². The number of carbonyl (C=O) groups excluding carboxylic acids is 1. The number of piperidine rings is 2. The van der Waals surface area contributed by atoms with Crippen molar-refractivity contribution in [2.45, 2.75) is 50.6 Å². The van der Waals surface area contributed by atoms with Crippen molar-refractivity contribution in [2.75, 3.05) is 6.61 Å². The van der Waals surface area contributed by atoms with Gasteiger partial charge in [0.15, 0.2) is 5.78 Å². The first-order chi connectivity index (χ1) is 10.8. The fourth-order valence-electron chi connectivity index (χ4n) is 3.65. The first-order valence-electron chi connectivity index (χ1n) is 8.16. The van der Waals surface area contributed by atoms with Crippen molar-refractivity contribution in [2.24, 2.45) is 5.92 Å². The number of rotatable bonds is 5. The fourth-order valence-corrected chi connectivity index (χ4v) is 3.65. The zero-order valence-corrected chi connectivity index (χ0v) is 12.8. The van der Waals surface area contributed by atoms with Crippen molar-refractivity contribution in [3.63, 3.8) is 0 Å². The first-order valence-corrected chi connectivity index (χ1v) is 8.16. The quantitative estimate of drug-likeness (QED) is 0.670. The number of fused-ring (bicyclic) bond motifs is 2. The van der Waals surface area contributed by atoms with E-state index in [0.29, 0.717) is 30.9 Å². The van der Waals surface area contributed by atoms with Crippen LogP contribution in [0.5, 0.6) is 5.75 Å². The van der Waals surface area contributed by atoms with E-state index in [2.05, 4.69) is 5.32 Å². The van der Waals surface area contributed by atoms with Gasteiger partial charge in [-0.15, -0.1) is 0 Å². The molecule has 22 heavy (non-hydrogen) atoms. The molecule has 3 rings (SSSR count). The molecule has 0 spiro atoms. The molecule has 0 saturated carbocycles. The van der Waals surface area contributed by atoms with Gasteiger partial charge >= 0.3 is 0 Å². The molecule has 2 saturated heterocycles. The Kier molecular flexibility index (Phi) is 4.74. The van der Waals surface area contributed by atoms with Crippen molar-refractivity contribution >= 4 is 5.78 Å². The van der Waals surface area contributed by atoms with Gasteiger partial charge in [-0.3, -0.25) is 4.79 Å². The lowest BCUT2D eigenvalue weighted by Crippen LogP contribution is -2.50. The van der Waals surface area contributed by atoms with Crippen LogP contribution >= 0.6 is 0 Å². The highest BCUT2D eigenvalue weighted by atomic mass is 16.5. The van der Waals surface area contributed by atoms with Crippen molar-refractivity contribution in [3.05, 3.63) is 29.8 Å². The molecule has 4 heteroatoms. The summed E-state index contributed by atoms with van der Waals surface area (Å²) in [5.74, 6) is 1.14. The van der Waals surface area contributed by atoms with Crippen molar-refractivity contribution in [3.8, 4) is 11.8 Å². The molecule has 2 bridgehead atoms. The Balaban J connectivity index is 1.61. The van der Waals surface area contributed by atoms with Crippen molar-refractivity contribution in [1.29, 1.82) is 5.26 Å². The fraction of sp³-hybridized carbons (Fsp3) is 0.556. The van der Waals surface area contributed by atoms with Gasteiger partial charge in [-0.1, -0.05) is 6.42 Å². The molecule has 2 heterocycles. The van der Waals surface area contributed by atoms with E-state index in [1.54, 1.807) is 0 Å². The average Bonchev–Trinajstić information content (AvgIpc) is 2.55. The number of ketones is 1. The Morgan fingerprint density at radius 2 is 1.91 bits per heavy atom. The number of Topliss-reactive ketones (excluding diaryl/α,β-unsaturated/α-hetero) is 1. The van der Waals surface area contributed by atoms with E-state index in [1.807, 2.05) is 30.3 Å². The summed E-state index contributed by atoms with van der Waals surface area (Å²) in [6.45, 7) is 0.390. The van der Waals surface area contributed by atoms with Gasteiger partial charge in [0.25, 0.3) is 0 Å². The monoisotopic (exact) mass is 298 g/mol. The van der Waals surface area contributed by atoms with E-state index in [-0.39, 0.29) is 11.7 Å². The number of nitriles is 1. The number of ether oxygens (including phenoxy) is 1. The molecule has 0 radical (unpaired) electrons. The van der Waals surface area contributed by atoms with E-state index in [9.17, 15) is 4.79 Å². The van der Waals surface area contributed by atoms with Gasteiger partial charge in [-0.2, -0.15) is 5.26 Å². The lowest BCUT2D eigenvalue weighted by molar-refractivity contribution is 0.0825. The summed E-state index contributed by atoms with van der Waals surface area (Å²) in [6, 6.07) is 10.4. The number of benzene rings is 1. The minimum atomic E-state index is 0.155. The third kappa shape index (κ3) is 3.48. The smallest absolute Gasteiger partial charge is 0.166 e. The molecule has 1 N–H and O–H groups in total. The van der Waals surface area contributed by atoms with Gasteiger partial charge in [0.1, 0.15) is 12.4 Å². The second kappa shape index (κ2) is 6.93. The van der Waals surface area contributed by atoms with Gasteiger partial charge in [0.05, 0.1) is 12.5 Å². The van der Waals surface area contributed by atoms with Gasteiger partial charge in [-0.25, -0.2) is 0 Å². The molecule has 2 atom stereocenters. The molecule has 0 amide bonds. The van der Waals surface area contributed by atoms with Crippen LogP contribution in [0.15, 0.2) is 24.3 Å². The predicted molar refractivity (Wildman–Crippen MR) is 83.8 cm³/mol. The Morgan fingerprint density at radius 1 is 1.23 bits per heavy atom. The molecular formula is C18H22N2O2. The number of nitrogens with zero attached hydrogens (tertiary/aromatic N) is 1. The molecule has 0 aliphatic carbocycles. The summed E-state index contributed by atoms with van der Waals surface area (Å²) in [5, 5.41) is 12.1. The zero-order valence-electron chi connectivity index (χ0n) is 12.8. The molecule has 2 aliphatic rings. The summed E-state index contributed by atoms with van der Waals surface area (Å²) in [4.78, 5) is 12.7. The number of nitrogens with one attached hydrogen (secondary N) is 1. The van der Waals surface area contributed by atoms with E-state index < -0.39 is 0 Å². The second-order valence-electron chi connectivity index (χ2n) is 6.30. The maximum atomic E-state index is 12.7. The highest BCUT2D eigenvalue weighted by molar-refractivity contribution is 5.98. The summed E-state index contributed by atoms with van der Waals surface area (Å²) >= 11 is 0. The Hall–Kier alpha value is -1.86. The summed E-state index contributed by atoms with van der Waals surface area (Å²) < 4.78 is 5.44. The van der Waals surface area contributed by atoms with Gasteiger partial charge in [0, 0.05) is 23.6 Å². The molecule has 2 fully saturated rings. The number of hydrogen-bond donors (Lipinski definition) is 1. The Labute approximate surface area is 131 Å². The molecule has 1 aromatic rings. The standard InChI is InChI=1S/C18H22N2O2/c19-9-2-10-22-17-7-5-13(6-8-17)18(21)14-11-15-3-1-4-16(12-14)20-15/h5-8,14-16,20H,1-4,10-12H2. The summed E-state index contributed by atoms with van der Waals surface area (Å²) in [5.41, 5.74) is 0.776. The van der Waals surface area contributed by atoms with Crippen molar-refractivity contribution < 1.29 is 9.53 Å². The second-order valence-corrected chi connectivity index (χ2v) is 6.30. The minimum Gasteiger partial charge on any atom is -0.493 e. The lowest BCUT2D eigenvalue weighted by Gasteiger charge is -2.39. The Bertz CT molecular complexity index is 549. The highest BCUT2D eigenvalue weighted by Gasteiger charge is 2.34. The molecule has 4 nitrogen and oxygen atoms in total. The van der Waals surface area contributed by atoms with Crippen LogP contribution in [0.2, 0.25) is 0 Å². The van der Waals surface area contributed by atoms with E-state index in [1.165, 1.54) is 19.3 Å². The van der Waals surface area contributed by atoms with Gasteiger partial charge < -0.3 is 10.1 Å². The molecular weight excluding hydrogens is 276 g/mol. The van der Waals surface area contributed by atoms with Crippen LogP contribution < -0.4 is 10.1 Å². The van der Waals surface area contributed by atoms with Gasteiger partial charge in [0.2, 0.25) is 0 Å². The van der Waals surface area contributed by atoms with Crippen molar-refractivity contribution in [1.82, 2.24) is 5.32 Å². The minimum absolute atomic E-state index is 0.155. The van der Waals surface area contributed by atoms with Crippen LogP contribution in [0, 0.1) is 17.2 Å². The third-order valence-corrected chi connectivity index (χ3v) is 4.71. The largest absolute Gasteiger partial charge is 0.493 e. The SMILES string of the molecule is N#CCCOc1ccc(C(=O)C2CC3CCCC(C2)N3)cc1. The van der Waals surface area contributed by atoms with E-state index >= 15 is 0 Å². The molecule has 1 aromatic carbocycles. The third-order valence-electron chi connectivity index (χ3n) is 4.71. The summed E-state index contributed by atoms with van der Waals surface area (Å²) in [6.07, 6.45) is 6.00. The number of carbonyl (C=O) groups is 1. The lowest BCUT2D eigenvalue weighted by atomic mass is 9.77.